The second-order valence-electron chi connectivity index (χ2n) is 31.7. The monoisotopic (exact) mass is 1410 g/mol. The number of ether oxygens (including phenoxy) is 12. The molecule has 0 aromatic rings. The Hall–Kier alpha value is -2.85. The first-order valence-electron chi connectivity index (χ1n) is 34.6. The van der Waals surface area contributed by atoms with Crippen LogP contribution in [0.4, 0.5) is 0 Å². The number of hydrogen-bond donors (Lipinski definition) is 16. The minimum atomic E-state index is -2.10. The molecule has 0 spiro atoms. The first-order valence-corrected chi connectivity index (χ1v) is 34.6. The number of aliphatic hydroxyl groups excluding tert-OH is 16. The summed E-state index contributed by atoms with van der Waals surface area (Å²) in [4.78, 5) is 42.0. The molecule has 0 aromatic heterocycles. The van der Waals surface area contributed by atoms with Gasteiger partial charge in [0, 0.05) is 5.41 Å². The van der Waals surface area contributed by atoms with Crippen molar-refractivity contribution in [1.82, 2.24) is 0 Å². The van der Waals surface area contributed by atoms with Gasteiger partial charge >= 0.3 is 17.9 Å². The highest BCUT2D eigenvalue weighted by atomic mass is 16.8. The van der Waals surface area contributed by atoms with Gasteiger partial charge in [0.15, 0.2) is 37.4 Å². The number of carbonyl (C=O) groups excluding carboxylic acids is 3. The molecule has 2 unspecified atom stereocenters. The zero-order valence-corrected chi connectivity index (χ0v) is 57.5. The Morgan fingerprint density at radius 3 is 1.80 bits per heavy atom. The van der Waals surface area contributed by atoms with Crippen molar-refractivity contribution in [3.05, 3.63) is 11.6 Å². The molecule has 5 aliphatic carbocycles. The lowest BCUT2D eigenvalue weighted by Crippen LogP contribution is -2.70. The molecule has 10 aliphatic rings. The molecule has 0 amide bonds. The summed E-state index contributed by atoms with van der Waals surface area (Å²) in [7, 11) is 0. The molecule has 0 radical (unpaired) electrons. The minimum Gasteiger partial charge on any atom is -0.462 e. The van der Waals surface area contributed by atoms with Crippen LogP contribution in [0.1, 0.15) is 140 Å². The van der Waals surface area contributed by atoms with E-state index in [1.807, 2.05) is 6.92 Å². The molecule has 0 bridgehead atoms. The van der Waals surface area contributed by atoms with E-state index in [1.54, 1.807) is 0 Å². The highest BCUT2D eigenvalue weighted by molar-refractivity contribution is 5.80. The zero-order valence-electron chi connectivity index (χ0n) is 57.5. The zero-order chi connectivity index (χ0) is 72.2. The quantitative estimate of drug-likeness (QED) is 0.0283. The highest BCUT2D eigenvalue weighted by Crippen LogP contribution is 2.76. The highest BCUT2D eigenvalue weighted by Gasteiger charge is 2.73. The van der Waals surface area contributed by atoms with E-state index < -0.39 is 261 Å². The lowest BCUT2D eigenvalue weighted by molar-refractivity contribution is -0.380. The van der Waals surface area contributed by atoms with Gasteiger partial charge in [-0.25, -0.2) is 0 Å². The normalized spacial score (nSPS) is 51.6. The van der Waals surface area contributed by atoms with Crippen LogP contribution >= 0.6 is 0 Å². The van der Waals surface area contributed by atoms with Crippen LogP contribution in [0.25, 0.3) is 0 Å². The van der Waals surface area contributed by atoms with Gasteiger partial charge in [0.25, 0.3) is 0 Å². The van der Waals surface area contributed by atoms with Crippen molar-refractivity contribution in [2.24, 2.45) is 50.2 Å². The van der Waals surface area contributed by atoms with Crippen LogP contribution in [0, 0.1) is 50.2 Å². The van der Waals surface area contributed by atoms with Gasteiger partial charge in [0.05, 0.1) is 75.4 Å². The number of esters is 3. The molecule has 10 rings (SSSR count). The van der Waals surface area contributed by atoms with Crippen molar-refractivity contribution in [3.63, 3.8) is 0 Å². The largest absolute Gasteiger partial charge is 0.462 e. The molecule has 9 fully saturated rings. The predicted molar refractivity (Wildman–Crippen MR) is 330 cm³/mol. The second-order valence-corrected chi connectivity index (χ2v) is 31.7. The van der Waals surface area contributed by atoms with E-state index in [2.05, 4.69) is 40.7 Å². The Labute approximate surface area is 569 Å². The summed E-state index contributed by atoms with van der Waals surface area (Å²) < 4.78 is 71.4. The van der Waals surface area contributed by atoms with Gasteiger partial charge in [-0.05, 0) is 125 Å². The summed E-state index contributed by atoms with van der Waals surface area (Å²) in [6, 6.07) is 0. The molecule has 5 heterocycles. The van der Waals surface area contributed by atoms with Crippen LogP contribution in [0.5, 0.6) is 0 Å². The Morgan fingerprint density at radius 2 is 1.15 bits per heavy atom. The van der Waals surface area contributed by atoms with Gasteiger partial charge in [-0.2, -0.15) is 0 Å². The Kier molecular flexibility index (Phi) is 23.2. The van der Waals surface area contributed by atoms with E-state index in [9.17, 15) is 91.3 Å². The van der Waals surface area contributed by atoms with Crippen LogP contribution in [-0.4, -0.2) is 297 Å². The fourth-order valence-corrected chi connectivity index (χ4v) is 19.0. The number of aliphatic hydroxyl groups is 16. The average molecular weight is 1410 g/mol. The first-order chi connectivity index (χ1) is 45.7. The van der Waals surface area contributed by atoms with Gasteiger partial charge in [-0.1, -0.05) is 53.2 Å². The summed E-state index contributed by atoms with van der Waals surface area (Å²) in [5.74, 6) is -3.89. The number of rotatable bonds is 18. The van der Waals surface area contributed by atoms with E-state index in [0.29, 0.717) is 32.1 Å². The summed E-state index contributed by atoms with van der Waals surface area (Å²) in [5.41, 5.74) is -4.46. The van der Waals surface area contributed by atoms with E-state index >= 15 is 4.79 Å². The fraction of sp³-hybridized carbons (Fsp3) is 0.925. The molecule has 5 saturated heterocycles. The third-order valence-electron chi connectivity index (χ3n) is 24.6. The number of fused-ring (bicyclic) bond motifs is 7. The van der Waals surface area contributed by atoms with Crippen molar-refractivity contribution in [2.45, 2.75) is 318 Å². The summed E-state index contributed by atoms with van der Waals surface area (Å²) in [6.45, 7) is 17.7. The van der Waals surface area contributed by atoms with Gasteiger partial charge < -0.3 is 139 Å². The van der Waals surface area contributed by atoms with E-state index in [1.165, 1.54) is 34.6 Å². The molecule has 5 aliphatic heterocycles. The maximum Gasteiger partial charge on any atom is 0.317 e. The number of hydrogen-bond acceptors (Lipinski definition) is 31. The molecule has 31 heteroatoms. The first kappa shape index (κ1) is 77.8. The van der Waals surface area contributed by atoms with Gasteiger partial charge in [0.1, 0.15) is 97.0 Å². The SMILES string of the molecule is CC(O)CC(=O)OC(C)CC(=O)O[C@@H]1[C@H](O)[C@@H](O[C@@H]2O[C@@H](C)[C@H](O[C@@H]3OC[C@@H](O)[C@H](O[C@@H]4O[C@@H](C)[C@H](O)[C@@H](O)[C@H]4O)[C@H]3O)[C@@H](O)[C@H]2O)[C@H](OC(=O)[C@]23CCC(C)(C)C[C@H]2C2=CC[C@@H]4[C@@]5(C)C[C@H](O)[C@H](O[C@@H]6O[C@H](CO)[C@@H](O)[C@H](O)[C@H]6O)[C@@](C)(CO)[C@@H]5CC[C@@]4(C)[C@]2(C)C[C@@H]3O)O[C@@H]1C. The van der Waals surface area contributed by atoms with E-state index in [4.69, 9.17) is 56.8 Å². The molecule has 562 valence electrons. The lowest BCUT2D eigenvalue weighted by Gasteiger charge is -2.72. The van der Waals surface area contributed by atoms with E-state index in [0.717, 1.165) is 5.57 Å². The van der Waals surface area contributed by atoms with Gasteiger partial charge in [0.2, 0.25) is 6.29 Å². The summed E-state index contributed by atoms with van der Waals surface area (Å²) in [6.07, 6.45) is -42.1. The Balaban J connectivity index is 0.908. The van der Waals surface area contributed by atoms with Crippen LogP contribution in [0.15, 0.2) is 11.6 Å². The van der Waals surface area contributed by atoms with Crippen LogP contribution < -0.4 is 0 Å². The summed E-state index contributed by atoms with van der Waals surface area (Å²) >= 11 is 0. The third-order valence-corrected chi connectivity index (χ3v) is 24.6. The third kappa shape index (κ3) is 13.8. The van der Waals surface area contributed by atoms with Crippen molar-refractivity contribution in [2.75, 3.05) is 19.8 Å². The Morgan fingerprint density at radius 1 is 0.561 bits per heavy atom. The van der Waals surface area contributed by atoms with Crippen molar-refractivity contribution < 1.29 is 153 Å². The molecule has 37 atom stereocenters. The van der Waals surface area contributed by atoms with Crippen molar-refractivity contribution in [1.29, 1.82) is 0 Å². The minimum absolute atomic E-state index is 0.0569. The second kappa shape index (κ2) is 29.2. The molecule has 0 aromatic carbocycles. The van der Waals surface area contributed by atoms with Crippen molar-refractivity contribution in [3.8, 4) is 0 Å². The smallest absolute Gasteiger partial charge is 0.317 e. The molecular formula is C67H108O31. The molecule has 98 heavy (non-hydrogen) atoms. The Bertz CT molecular complexity index is 2810. The maximum absolute atomic E-state index is 15.9. The van der Waals surface area contributed by atoms with Crippen LogP contribution in [-0.2, 0) is 71.2 Å². The standard InChI is InChI=1S/C67H108O31/c1-26(70)18-39(74)88-27(2)19-40(75)93-52-30(5)91-60(54(49(52)84)96-58-48(83)45(80)51(29(4)90-58)94-56-50(85)53(34(72)24-87-56)95-57-46(81)43(78)41(76)28(3)89-57)98-61(86)67-17-16-62(6,7)20-32(67)31-12-13-37-63(8)21-33(71)55(97-59-47(82)44(79)42(77)35(23-68)92-59)64(9,25-69)36(63)14-15-65(37,10)66(31,11)22-38(67)73/h12,26-30,32-38,41-60,68-73,76-85H,13-25H2,1-11H3/t26?,27?,28-,29-,30+,32-,33-,34+,35+,36+,37+,38-,41-,42+,43+,44-,45-,46+,47+,48+,49-,50+,51-,52-,53-,54+,55-,56-,57-,58-,59-,60-,63-,64-,65+,66+,67+/m0/s1. The fourth-order valence-electron chi connectivity index (χ4n) is 19.0. The molecular weight excluding hydrogens is 1300 g/mol. The maximum atomic E-state index is 15.9. The van der Waals surface area contributed by atoms with Gasteiger partial charge in [-0.15, -0.1) is 0 Å². The average Bonchev–Trinajstić information content (AvgIpc) is 0.670. The number of allylic oxidation sites excluding steroid dienone is 2. The van der Waals surface area contributed by atoms with E-state index in [-0.39, 0.29) is 37.5 Å². The predicted octanol–water partition coefficient (Wildman–Crippen LogP) is -2.93. The van der Waals surface area contributed by atoms with Gasteiger partial charge in [-0.3, -0.25) is 14.4 Å². The number of carbonyl (C=O) groups is 3. The lowest BCUT2D eigenvalue weighted by atomic mass is 9.33. The topological polar surface area (TPSA) is 486 Å². The van der Waals surface area contributed by atoms with Crippen LogP contribution in [0.3, 0.4) is 0 Å². The molecule has 4 saturated carbocycles. The van der Waals surface area contributed by atoms with Crippen molar-refractivity contribution >= 4 is 17.9 Å². The summed E-state index contributed by atoms with van der Waals surface area (Å²) in [5, 5.41) is 179. The molecule has 31 nitrogen and oxygen atoms in total. The van der Waals surface area contributed by atoms with Crippen LogP contribution in [0.2, 0.25) is 0 Å². The molecule has 16 N–H and O–H groups in total.